The first kappa shape index (κ1) is 9.52. The molecular formula is C9H16O3. The molecule has 1 saturated heterocycles. The number of hydrogen-bond acceptors (Lipinski definition) is 3. The van der Waals surface area contributed by atoms with Gasteiger partial charge in [0.1, 0.15) is 0 Å². The fourth-order valence-corrected chi connectivity index (χ4v) is 1.42. The van der Waals surface area contributed by atoms with Crippen molar-refractivity contribution in [2.75, 3.05) is 13.7 Å². The Morgan fingerprint density at radius 3 is 3.00 bits per heavy atom. The van der Waals surface area contributed by atoms with Crippen molar-refractivity contribution in [1.82, 2.24) is 0 Å². The Morgan fingerprint density at radius 2 is 2.42 bits per heavy atom. The van der Waals surface area contributed by atoms with Gasteiger partial charge in [-0.1, -0.05) is 0 Å². The zero-order valence-corrected chi connectivity index (χ0v) is 7.54. The first-order valence-electron chi connectivity index (χ1n) is 4.51. The summed E-state index contributed by atoms with van der Waals surface area (Å²) in [5.74, 6) is -0.135. The van der Waals surface area contributed by atoms with Crippen LogP contribution in [0.4, 0.5) is 0 Å². The van der Waals surface area contributed by atoms with Crippen molar-refractivity contribution >= 4 is 5.97 Å². The molecule has 1 unspecified atom stereocenters. The lowest BCUT2D eigenvalue weighted by Gasteiger charge is -2.21. The topological polar surface area (TPSA) is 35.5 Å². The molecule has 0 aromatic carbocycles. The standard InChI is InChI=1S/C9H16O3/c1-11-9(10)6-5-8-4-2-3-7-12-8/h8H,2-7H2,1H3. The molecule has 0 aliphatic carbocycles. The third-order valence-corrected chi connectivity index (χ3v) is 2.17. The van der Waals surface area contributed by atoms with E-state index in [0.29, 0.717) is 6.42 Å². The van der Waals surface area contributed by atoms with Crippen molar-refractivity contribution in [1.29, 1.82) is 0 Å². The van der Waals surface area contributed by atoms with Crippen LogP contribution in [-0.2, 0) is 14.3 Å². The summed E-state index contributed by atoms with van der Waals surface area (Å²) in [6.45, 7) is 0.853. The van der Waals surface area contributed by atoms with E-state index in [1.807, 2.05) is 0 Å². The minimum atomic E-state index is -0.135. The summed E-state index contributed by atoms with van der Waals surface area (Å²) in [5, 5.41) is 0. The van der Waals surface area contributed by atoms with Crippen LogP contribution in [0.1, 0.15) is 32.1 Å². The van der Waals surface area contributed by atoms with Gasteiger partial charge in [0.05, 0.1) is 13.2 Å². The van der Waals surface area contributed by atoms with Crippen molar-refractivity contribution < 1.29 is 14.3 Å². The first-order chi connectivity index (χ1) is 5.83. The Labute approximate surface area is 73.0 Å². The van der Waals surface area contributed by atoms with Crippen LogP contribution in [0, 0.1) is 0 Å². The van der Waals surface area contributed by atoms with Gasteiger partial charge in [0, 0.05) is 13.0 Å². The number of methoxy groups -OCH3 is 1. The summed E-state index contributed by atoms with van der Waals surface area (Å²) in [6, 6.07) is 0. The van der Waals surface area contributed by atoms with Gasteiger partial charge >= 0.3 is 5.97 Å². The molecule has 1 atom stereocenters. The second kappa shape index (κ2) is 5.14. The Hall–Kier alpha value is -0.570. The highest BCUT2D eigenvalue weighted by Crippen LogP contribution is 2.16. The highest BCUT2D eigenvalue weighted by molar-refractivity contribution is 5.69. The Bertz CT molecular complexity index is 139. The third-order valence-electron chi connectivity index (χ3n) is 2.17. The van der Waals surface area contributed by atoms with Crippen LogP contribution in [0.2, 0.25) is 0 Å². The zero-order chi connectivity index (χ0) is 8.81. The SMILES string of the molecule is COC(=O)CCC1CCCCO1. The molecule has 1 heterocycles. The van der Waals surface area contributed by atoms with E-state index in [0.717, 1.165) is 25.9 Å². The molecule has 0 spiro atoms. The Balaban J connectivity index is 2.09. The number of ether oxygens (including phenoxy) is 2. The number of carbonyl (C=O) groups excluding carboxylic acids is 1. The molecule has 12 heavy (non-hydrogen) atoms. The van der Waals surface area contributed by atoms with Crippen LogP contribution < -0.4 is 0 Å². The van der Waals surface area contributed by atoms with Gasteiger partial charge in [-0.05, 0) is 25.7 Å². The van der Waals surface area contributed by atoms with Crippen molar-refractivity contribution in [2.45, 2.75) is 38.2 Å². The number of hydrogen-bond donors (Lipinski definition) is 0. The van der Waals surface area contributed by atoms with Crippen LogP contribution in [0.3, 0.4) is 0 Å². The minimum Gasteiger partial charge on any atom is -0.469 e. The van der Waals surface area contributed by atoms with E-state index in [2.05, 4.69) is 4.74 Å². The summed E-state index contributed by atoms with van der Waals surface area (Å²) in [6.07, 6.45) is 5.07. The zero-order valence-electron chi connectivity index (χ0n) is 7.54. The minimum absolute atomic E-state index is 0.135. The largest absolute Gasteiger partial charge is 0.469 e. The van der Waals surface area contributed by atoms with Crippen LogP contribution in [0.25, 0.3) is 0 Å². The van der Waals surface area contributed by atoms with Crippen LogP contribution in [0.15, 0.2) is 0 Å². The molecule has 0 radical (unpaired) electrons. The van der Waals surface area contributed by atoms with Crippen molar-refractivity contribution in [2.24, 2.45) is 0 Å². The summed E-state index contributed by atoms with van der Waals surface area (Å²) in [4.78, 5) is 10.8. The van der Waals surface area contributed by atoms with Gasteiger partial charge in [0.2, 0.25) is 0 Å². The van der Waals surface area contributed by atoms with Crippen LogP contribution in [-0.4, -0.2) is 25.8 Å². The van der Waals surface area contributed by atoms with E-state index >= 15 is 0 Å². The molecular weight excluding hydrogens is 156 g/mol. The predicted molar refractivity (Wildman–Crippen MR) is 44.8 cm³/mol. The molecule has 3 nitrogen and oxygen atoms in total. The summed E-state index contributed by atoms with van der Waals surface area (Å²) in [5.41, 5.74) is 0. The molecule has 1 rings (SSSR count). The molecule has 0 aromatic heterocycles. The van der Waals surface area contributed by atoms with Crippen LogP contribution in [0.5, 0.6) is 0 Å². The molecule has 0 N–H and O–H groups in total. The molecule has 0 saturated carbocycles. The number of esters is 1. The maximum absolute atomic E-state index is 10.8. The van der Waals surface area contributed by atoms with Gasteiger partial charge in [-0.15, -0.1) is 0 Å². The van der Waals surface area contributed by atoms with Crippen molar-refractivity contribution in [3.8, 4) is 0 Å². The summed E-state index contributed by atoms with van der Waals surface area (Å²) in [7, 11) is 1.42. The highest BCUT2D eigenvalue weighted by atomic mass is 16.5. The molecule has 1 fully saturated rings. The van der Waals surface area contributed by atoms with E-state index in [1.165, 1.54) is 13.5 Å². The van der Waals surface area contributed by atoms with Gasteiger partial charge in [-0.25, -0.2) is 0 Å². The molecule has 0 aromatic rings. The highest BCUT2D eigenvalue weighted by Gasteiger charge is 2.14. The predicted octanol–water partition coefficient (Wildman–Crippen LogP) is 1.51. The molecule has 0 amide bonds. The van der Waals surface area contributed by atoms with Gasteiger partial charge in [-0.2, -0.15) is 0 Å². The van der Waals surface area contributed by atoms with Gasteiger partial charge in [0.15, 0.2) is 0 Å². The maximum atomic E-state index is 10.8. The fourth-order valence-electron chi connectivity index (χ4n) is 1.42. The second-order valence-electron chi connectivity index (χ2n) is 3.10. The van der Waals surface area contributed by atoms with Gasteiger partial charge in [-0.3, -0.25) is 4.79 Å². The van der Waals surface area contributed by atoms with E-state index in [1.54, 1.807) is 0 Å². The van der Waals surface area contributed by atoms with Gasteiger partial charge in [0.25, 0.3) is 0 Å². The van der Waals surface area contributed by atoms with Crippen molar-refractivity contribution in [3.63, 3.8) is 0 Å². The number of carbonyl (C=O) groups is 1. The maximum Gasteiger partial charge on any atom is 0.305 e. The molecule has 0 bridgehead atoms. The summed E-state index contributed by atoms with van der Waals surface area (Å²) >= 11 is 0. The molecule has 3 heteroatoms. The molecule has 70 valence electrons. The quantitative estimate of drug-likeness (QED) is 0.605. The molecule has 1 aliphatic heterocycles. The lowest BCUT2D eigenvalue weighted by atomic mass is 10.1. The Morgan fingerprint density at radius 1 is 1.58 bits per heavy atom. The van der Waals surface area contributed by atoms with Gasteiger partial charge < -0.3 is 9.47 Å². The monoisotopic (exact) mass is 172 g/mol. The van der Waals surface area contributed by atoms with E-state index in [-0.39, 0.29) is 12.1 Å². The van der Waals surface area contributed by atoms with E-state index in [4.69, 9.17) is 4.74 Å². The summed E-state index contributed by atoms with van der Waals surface area (Å²) < 4.78 is 10.0. The number of rotatable bonds is 3. The lowest BCUT2D eigenvalue weighted by Crippen LogP contribution is -2.20. The van der Waals surface area contributed by atoms with E-state index in [9.17, 15) is 4.79 Å². The second-order valence-corrected chi connectivity index (χ2v) is 3.10. The average Bonchev–Trinajstić information content (AvgIpc) is 2.16. The first-order valence-corrected chi connectivity index (χ1v) is 4.51. The average molecular weight is 172 g/mol. The van der Waals surface area contributed by atoms with Crippen LogP contribution >= 0.6 is 0 Å². The van der Waals surface area contributed by atoms with E-state index < -0.39 is 0 Å². The van der Waals surface area contributed by atoms with Crippen molar-refractivity contribution in [3.05, 3.63) is 0 Å². The lowest BCUT2D eigenvalue weighted by molar-refractivity contribution is -0.141. The molecule has 1 aliphatic rings. The Kier molecular flexibility index (Phi) is 4.08. The third kappa shape index (κ3) is 3.22. The normalized spacial score (nSPS) is 23.6. The smallest absolute Gasteiger partial charge is 0.305 e. The fraction of sp³-hybridized carbons (Fsp3) is 0.889.